The van der Waals surface area contributed by atoms with E-state index in [1.807, 2.05) is 18.2 Å². The van der Waals surface area contributed by atoms with Crippen molar-refractivity contribution in [3.63, 3.8) is 0 Å². The lowest BCUT2D eigenvalue weighted by Gasteiger charge is -2.07. The molecule has 0 aliphatic rings. The first-order valence-electron chi connectivity index (χ1n) is 6.34. The van der Waals surface area contributed by atoms with E-state index in [0.29, 0.717) is 0 Å². The zero-order chi connectivity index (χ0) is 12.3. The van der Waals surface area contributed by atoms with Crippen LogP contribution in [0.1, 0.15) is 30.9 Å². The molecule has 1 rings (SSSR count). The first-order chi connectivity index (χ1) is 8.36. The van der Waals surface area contributed by atoms with E-state index < -0.39 is 0 Å². The van der Waals surface area contributed by atoms with Crippen LogP contribution in [0.3, 0.4) is 0 Å². The highest BCUT2D eigenvalue weighted by atomic mass is 16.5. The van der Waals surface area contributed by atoms with E-state index in [2.05, 4.69) is 18.3 Å². The van der Waals surface area contributed by atoms with Gasteiger partial charge in [-0.15, -0.1) is 0 Å². The Morgan fingerprint density at radius 2 is 2.06 bits per heavy atom. The lowest BCUT2D eigenvalue weighted by atomic mass is 10.1. The van der Waals surface area contributed by atoms with Crippen LogP contribution in [0.5, 0.6) is 0 Å². The summed E-state index contributed by atoms with van der Waals surface area (Å²) >= 11 is 0. The molecule has 0 aliphatic heterocycles. The molecule has 1 aromatic rings. The van der Waals surface area contributed by atoms with Crippen LogP contribution in [0.15, 0.2) is 24.3 Å². The molecule has 0 aromatic heterocycles. The third-order valence-electron chi connectivity index (χ3n) is 2.57. The maximum atomic E-state index is 9.01. The molecule has 0 amide bonds. The monoisotopic (exact) mass is 237 g/mol. The van der Waals surface area contributed by atoms with Gasteiger partial charge in [-0.3, -0.25) is 0 Å². The van der Waals surface area contributed by atoms with Gasteiger partial charge in [0.15, 0.2) is 0 Å². The van der Waals surface area contributed by atoms with Crippen LogP contribution >= 0.6 is 0 Å². The minimum Gasteiger partial charge on any atom is -0.392 e. The Kier molecular flexibility index (Phi) is 7.63. The molecule has 3 nitrogen and oxygen atoms in total. The van der Waals surface area contributed by atoms with Crippen LogP contribution in [-0.4, -0.2) is 24.9 Å². The summed E-state index contributed by atoms with van der Waals surface area (Å²) in [5, 5.41) is 12.3. The van der Waals surface area contributed by atoms with Crippen molar-refractivity contribution in [2.45, 2.75) is 32.9 Å². The van der Waals surface area contributed by atoms with Crippen LogP contribution in [0, 0.1) is 0 Å². The summed E-state index contributed by atoms with van der Waals surface area (Å²) in [5.74, 6) is 0. The van der Waals surface area contributed by atoms with Crippen LogP contribution in [0.4, 0.5) is 0 Å². The molecule has 0 unspecified atom stereocenters. The van der Waals surface area contributed by atoms with E-state index in [1.165, 1.54) is 12.0 Å². The van der Waals surface area contributed by atoms with Crippen LogP contribution in [0.25, 0.3) is 0 Å². The zero-order valence-electron chi connectivity index (χ0n) is 10.6. The van der Waals surface area contributed by atoms with Crippen molar-refractivity contribution in [3.05, 3.63) is 35.4 Å². The lowest BCUT2D eigenvalue weighted by Crippen LogP contribution is -2.19. The number of nitrogens with one attached hydrogen (secondary N) is 1. The van der Waals surface area contributed by atoms with E-state index >= 15 is 0 Å². The number of benzene rings is 1. The SMILES string of the molecule is CCCCOCCNCc1cccc(CO)c1. The Morgan fingerprint density at radius 3 is 2.82 bits per heavy atom. The Balaban J connectivity index is 2.09. The summed E-state index contributed by atoms with van der Waals surface area (Å²) in [6.07, 6.45) is 2.32. The Labute approximate surface area is 104 Å². The average Bonchev–Trinajstić information content (AvgIpc) is 2.38. The molecule has 0 radical (unpaired) electrons. The molecule has 0 bridgehead atoms. The van der Waals surface area contributed by atoms with E-state index in [9.17, 15) is 0 Å². The fourth-order valence-electron chi connectivity index (χ4n) is 1.56. The lowest BCUT2D eigenvalue weighted by molar-refractivity contribution is 0.133. The number of rotatable bonds is 9. The third kappa shape index (κ3) is 6.41. The average molecular weight is 237 g/mol. The summed E-state index contributed by atoms with van der Waals surface area (Å²) in [6.45, 7) is 5.58. The van der Waals surface area contributed by atoms with Crippen LogP contribution in [-0.2, 0) is 17.9 Å². The van der Waals surface area contributed by atoms with Gasteiger partial charge < -0.3 is 15.2 Å². The number of aliphatic hydroxyl groups is 1. The zero-order valence-corrected chi connectivity index (χ0v) is 10.6. The summed E-state index contributed by atoms with van der Waals surface area (Å²) in [6, 6.07) is 7.98. The van der Waals surface area contributed by atoms with Crippen molar-refractivity contribution in [1.82, 2.24) is 5.32 Å². The molecule has 0 spiro atoms. The number of hydrogen-bond donors (Lipinski definition) is 2. The second-order valence-electron chi connectivity index (χ2n) is 4.12. The highest BCUT2D eigenvalue weighted by Crippen LogP contribution is 2.04. The number of hydrogen-bond acceptors (Lipinski definition) is 3. The predicted molar refractivity (Wildman–Crippen MR) is 69.8 cm³/mol. The van der Waals surface area contributed by atoms with Gasteiger partial charge in [-0.05, 0) is 17.5 Å². The van der Waals surface area contributed by atoms with Gasteiger partial charge in [0.05, 0.1) is 13.2 Å². The maximum Gasteiger partial charge on any atom is 0.0681 e. The Hall–Kier alpha value is -0.900. The second kappa shape index (κ2) is 9.16. The van der Waals surface area contributed by atoms with Crippen LogP contribution in [0.2, 0.25) is 0 Å². The van der Waals surface area contributed by atoms with E-state index in [0.717, 1.165) is 38.3 Å². The third-order valence-corrected chi connectivity index (χ3v) is 2.57. The van der Waals surface area contributed by atoms with Crippen molar-refractivity contribution < 1.29 is 9.84 Å². The van der Waals surface area contributed by atoms with Gasteiger partial charge in [0.2, 0.25) is 0 Å². The second-order valence-corrected chi connectivity index (χ2v) is 4.12. The topological polar surface area (TPSA) is 41.5 Å². The van der Waals surface area contributed by atoms with Gasteiger partial charge in [-0.25, -0.2) is 0 Å². The molecule has 3 heteroatoms. The van der Waals surface area contributed by atoms with Crippen molar-refractivity contribution >= 4 is 0 Å². The molecule has 0 atom stereocenters. The largest absolute Gasteiger partial charge is 0.392 e. The van der Waals surface area contributed by atoms with Crippen LogP contribution < -0.4 is 5.32 Å². The van der Waals surface area contributed by atoms with Gasteiger partial charge in [-0.1, -0.05) is 37.6 Å². The molecule has 0 heterocycles. The molecule has 1 aromatic carbocycles. The molecular formula is C14H23NO2. The van der Waals surface area contributed by atoms with Gasteiger partial charge >= 0.3 is 0 Å². The molecule has 0 saturated heterocycles. The summed E-state index contributed by atoms with van der Waals surface area (Å²) in [5.41, 5.74) is 2.16. The van der Waals surface area contributed by atoms with E-state index in [4.69, 9.17) is 9.84 Å². The Bertz CT molecular complexity index is 302. The minimum atomic E-state index is 0.105. The molecule has 0 aliphatic carbocycles. The maximum absolute atomic E-state index is 9.01. The number of unbranched alkanes of at least 4 members (excludes halogenated alkanes) is 1. The van der Waals surface area contributed by atoms with Crippen molar-refractivity contribution in [1.29, 1.82) is 0 Å². The quantitative estimate of drug-likeness (QED) is 0.646. The molecular weight excluding hydrogens is 214 g/mol. The summed E-state index contributed by atoms with van der Waals surface area (Å²) < 4.78 is 5.45. The molecule has 2 N–H and O–H groups in total. The first-order valence-corrected chi connectivity index (χ1v) is 6.34. The first kappa shape index (κ1) is 14.2. The summed E-state index contributed by atoms with van der Waals surface area (Å²) in [7, 11) is 0. The fourth-order valence-corrected chi connectivity index (χ4v) is 1.56. The van der Waals surface area contributed by atoms with E-state index in [1.54, 1.807) is 0 Å². The number of ether oxygens (including phenoxy) is 1. The predicted octanol–water partition coefficient (Wildman–Crippen LogP) is 2.09. The normalized spacial score (nSPS) is 10.7. The highest BCUT2D eigenvalue weighted by molar-refractivity contribution is 5.22. The van der Waals surface area contributed by atoms with Gasteiger partial charge in [0.25, 0.3) is 0 Å². The highest BCUT2D eigenvalue weighted by Gasteiger charge is 1.95. The summed E-state index contributed by atoms with van der Waals surface area (Å²) in [4.78, 5) is 0. The molecule has 0 saturated carbocycles. The Morgan fingerprint density at radius 1 is 1.24 bits per heavy atom. The van der Waals surface area contributed by atoms with E-state index in [-0.39, 0.29) is 6.61 Å². The molecule has 96 valence electrons. The molecule has 0 fully saturated rings. The molecule has 17 heavy (non-hydrogen) atoms. The van der Waals surface area contributed by atoms with Crippen molar-refractivity contribution in [3.8, 4) is 0 Å². The van der Waals surface area contributed by atoms with Crippen molar-refractivity contribution in [2.24, 2.45) is 0 Å². The van der Waals surface area contributed by atoms with Gasteiger partial charge in [0.1, 0.15) is 0 Å². The van der Waals surface area contributed by atoms with Gasteiger partial charge in [0, 0.05) is 19.7 Å². The smallest absolute Gasteiger partial charge is 0.0681 e. The minimum absolute atomic E-state index is 0.105. The standard InChI is InChI=1S/C14H23NO2/c1-2-3-8-17-9-7-15-11-13-5-4-6-14(10-13)12-16/h4-6,10,15-16H,2-3,7-9,11-12H2,1H3. The number of aliphatic hydroxyl groups excluding tert-OH is 1. The fraction of sp³-hybridized carbons (Fsp3) is 0.571. The van der Waals surface area contributed by atoms with Crippen molar-refractivity contribution in [2.75, 3.05) is 19.8 Å². The van der Waals surface area contributed by atoms with Gasteiger partial charge in [-0.2, -0.15) is 0 Å².